The minimum Gasteiger partial charge on any atom is -0.326 e. The van der Waals surface area contributed by atoms with Gasteiger partial charge in [-0.1, -0.05) is 35.9 Å². The minimum absolute atomic E-state index is 0.0280. The molecular formula is C17H22ClN3. The number of benzene rings is 1. The van der Waals surface area contributed by atoms with Crippen molar-refractivity contribution in [1.29, 1.82) is 0 Å². The molecule has 0 aliphatic carbocycles. The lowest BCUT2D eigenvalue weighted by molar-refractivity contribution is 0.208. The molecule has 0 aliphatic heterocycles. The van der Waals surface area contributed by atoms with E-state index in [1.165, 1.54) is 0 Å². The molecule has 0 amide bonds. The molecular weight excluding hydrogens is 282 g/mol. The molecule has 112 valence electrons. The van der Waals surface area contributed by atoms with E-state index in [-0.39, 0.29) is 12.1 Å². The Labute approximate surface area is 131 Å². The molecule has 4 heteroatoms. The summed E-state index contributed by atoms with van der Waals surface area (Å²) in [5.74, 6) is 0. The molecule has 0 saturated carbocycles. The maximum Gasteiger partial charge on any atom is 0.0547 e. The molecule has 0 radical (unpaired) electrons. The summed E-state index contributed by atoms with van der Waals surface area (Å²) in [7, 11) is 2.06. The first kappa shape index (κ1) is 16.0. The maximum atomic E-state index is 6.34. The fraction of sp³-hybridized carbons (Fsp3) is 0.353. The van der Waals surface area contributed by atoms with Crippen LogP contribution in [0.15, 0.2) is 42.5 Å². The number of hydrogen-bond donors (Lipinski definition) is 1. The van der Waals surface area contributed by atoms with Crippen molar-refractivity contribution in [2.75, 3.05) is 7.05 Å². The average molecular weight is 304 g/mol. The van der Waals surface area contributed by atoms with Gasteiger partial charge in [-0.2, -0.15) is 0 Å². The van der Waals surface area contributed by atoms with Crippen molar-refractivity contribution >= 4 is 11.6 Å². The Bertz CT molecular complexity index is 598. The number of likely N-dealkylation sites (N-methyl/N-ethyl adjacent to an activating group) is 1. The molecule has 0 aliphatic rings. The Morgan fingerprint density at radius 2 is 1.90 bits per heavy atom. The molecule has 0 fully saturated rings. The first-order valence-corrected chi connectivity index (χ1v) is 7.49. The summed E-state index contributed by atoms with van der Waals surface area (Å²) < 4.78 is 0. The van der Waals surface area contributed by atoms with Crippen LogP contribution in [0.1, 0.15) is 29.9 Å². The van der Waals surface area contributed by atoms with Gasteiger partial charge in [0.15, 0.2) is 0 Å². The number of nitrogens with zero attached hydrogens (tertiary/aromatic N) is 2. The zero-order chi connectivity index (χ0) is 15.4. The van der Waals surface area contributed by atoms with E-state index in [2.05, 4.69) is 16.9 Å². The molecule has 1 aromatic heterocycles. The third-order valence-electron chi connectivity index (χ3n) is 3.55. The minimum atomic E-state index is -0.0280. The Morgan fingerprint density at radius 3 is 2.52 bits per heavy atom. The van der Waals surface area contributed by atoms with Crippen molar-refractivity contribution in [2.24, 2.45) is 5.73 Å². The summed E-state index contributed by atoms with van der Waals surface area (Å²) in [5.41, 5.74) is 9.32. The van der Waals surface area contributed by atoms with Gasteiger partial charge in [0.05, 0.1) is 11.7 Å². The highest BCUT2D eigenvalue weighted by Crippen LogP contribution is 2.29. The second-order valence-electron chi connectivity index (χ2n) is 5.51. The maximum absolute atomic E-state index is 6.34. The van der Waals surface area contributed by atoms with Crippen LogP contribution in [0.5, 0.6) is 0 Å². The zero-order valence-electron chi connectivity index (χ0n) is 12.8. The summed E-state index contributed by atoms with van der Waals surface area (Å²) in [6.07, 6.45) is 0. The molecule has 3 nitrogen and oxygen atoms in total. The van der Waals surface area contributed by atoms with E-state index in [0.717, 1.165) is 28.5 Å². The van der Waals surface area contributed by atoms with E-state index in [4.69, 9.17) is 17.3 Å². The van der Waals surface area contributed by atoms with Crippen molar-refractivity contribution in [3.63, 3.8) is 0 Å². The highest BCUT2D eigenvalue weighted by atomic mass is 35.5. The molecule has 2 unspecified atom stereocenters. The van der Waals surface area contributed by atoms with E-state index in [9.17, 15) is 0 Å². The highest BCUT2D eigenvalue weighted by molar-refractivity contribution is 6.31. The lowest BCUT2D eigenvalue weighted by Crippen LogP contribution is -2.37. The fourth-order valence-corrected chi connectivity index (χ4v) is 2.93. The summed E-state index contributed by atoms with van der Waals surface area (Å²) in [4.78, 5) is 6.76. The number of aryl methyl sites for hydroxylation is 1. The van der Waals surface area contributed by atoms with E-state index in [1.54, 1.807) is 0 Å². The van der Waals surface area contributed by atoms with Gasteiger partial charge in [0.25, 0.3) is 0 Å². The number of rotatable bonds is 5. The number of nitrogens with two attached hydrogens (primary N) is 1. The molecule has 0 saturated heterocycles. The number of halogens is 1. The van der Waals surface area contributed by atoms with Crippen molar-refractivity contribution in [3.8, 4) is 0 Å². The zero-order valence-corrected chi connectivity index (χ0v) is 13.5. The van der Waals surface area contributed by atoms with Crippen LogP contribution in [0, 0.1) is 6.92 Å². The van der Waals surface area contributed by atoms with Crippen LogP contribution < -0.4 is 5.73 Å². The molecule has 21 heavy (non-hydrogen) atoms. The number of pyridine rings is 1. The quantitative estimate of drug-likeness (QED) is 0.918. The average Bonchev–Trinajstić information content (AvgIpc) is 2.41. The lowest BCUT2D eigenvalue weighted by atomic mass is 9.99. The van der Waals surface area contributed by atoms with Gasteiger partial charge in [-0.15, -0.1) is 0 Å². The topological polar surface area (TPSA) is 42.1 Å². The van der Waals surface area contributed by atoms with Crippen LogP contribution in [0.2, 0.25) is 5.02 Å². The first-order chi connectivity index (χ1) is 9.99. The second kappa shape index (κ2) is 7.03. The molecule has 0 bridgehead atoms. The molecule has 0 spiro atoms. The second-order valence-corrected chi connectivity index (χ2v) is 5.92. The predicted molar refractivity (Wildman–Crippen MR) is 88.3 cm³/mol. The van der Waals surface area contributed by atoms with E-state index in [0.29, 0.717) is 0 Å². The third kappa shape index (κ3) is 4.03. The Balaban J connectivity index is 2.24. The van der Waals surface area contributed by atoms with Crippen LogP contribution in [-0.4, -0.2) is 23.0 Å². The number of hydrogen-bond acceptors (Lipinski definition) is 3. The fourth-order valence-electron chi connectivity index (χ4n) is 2.68. The van der Waals surface area contributed by atoms with Gasteiger partial charge < -0.3 is 5.73 Å². The summed E-state index contributed by atoms with van der Waals surface area (Å²) in [6, 6.07) is 14.0. The normalized spacial score (nSPS) is 14.2. The van der Waals surface area contributed by atoms with Gasteiger partial charge in [-0.05, 0) is 44.7 Å². The highest BCUT2D eigenvalue weighted by Gasteiger charge is 2.23. The molecule has 2 aromatic rings. The third-order valence-corrected chi connectivity index (χ3v) is 3.90. The van der Waals surface area contributed by atoms with Gasteiger partial charge >= 0.3 is 0 Å². The van der Waals surface area contributed by atoms with Crippen LogP contribution in [0.3, 0.4) is 0 Å². The van der Waals surface area contributed by atoms with E-state index >= 15 is 0 Å². The molecule has 2 atom stereocenters. The molecule has 2 rings (SSSR count). The Hall–Kier alpha value is -1.42. The monoisotopic (exact) mass is 303 g/mol. The number of aromatic nitrogens is 1. The van der Waals surface area contributed by atoms with Crippen LogP contribution in [0.4, 0.5) is 0 Å². The van der Waals surface area contributed by atoms with Crippen molar-refractivity contribution in [2.45, 2.75) is 32.5 Å². The first-order valence-electron chi connectivity index (χ1n) is 7.12. The van der Waals surface area contributed by atoms with Gasteiger partial charge in [-0.25, -0.2) is 0 Å². The van der Waals surface area contributed by atoms with Crippen LogP contribution in [-0.2, 0) is 6.54 Å². The molecule has 1 heterocycles. The molecule has 2 N–H and O–H groups in total. The Morgan fingerprint density at radius 1 is 1.19 bits per heavy atom. The smallest absolute Gasteiger partial charge is 0.0547 e. The Kier molecular flexibility index (Phi) is 5.34. The largest absolute Gasteiger partial charge is 0.326 e. The van der Waals surface area contributed by atoms with Crippen LogP contribution in [0.25, 0.3) is 0 Å². The van der Waals surface area contributed by atoms with E-state index < -0.39 is 0 Å². The predicted octanol–water partition coefficient (Wildman–Crippen LogP) is 3.56. The SMILES string of the molecule is Cc1cccc(CN(C)C(c2ccccc2Cl)C(C)N)n1. The summed E-state index contributed by atoms with van der Waals surface area (Å²) >= 11 is 6.34. The van der Waals surface area contributed by atoms with Gasteiger partial charge in [0.2, 0.25) is 0 Å². The van der Waals surface area contributed by atoms with Gasteiger partial charge in [-0.3, -0.25) is 9.88 Å². The van der Waals surface area contributed by atoms with Crippen molar-refractivity contribution in [1.82, 2.24) is 9.88 Å². The van der Waals surface area contributed by atoms with Crippen molar-refractivity contribution < 1.29 is 0 Å². The van der Waals surface area contributed by atoms with Gasteiger partial charge in [0.1, 0.15) is 0 Å². The van der Waals surface area contributed by atoms with Gasteiger partial charge in [0, 0.05) is 23.3 Å². The van der Waals surface area contributed by atoms with E-state index in [1.807, 2.05) is 56.3 Å². The molecule has 1 aromatic carbocycles. The lowest BCUT2D eigenvalue weighted by Gasteiger charge is -2.32. The summed E-state index contributed by atoms with van der Waals surface area (Å²) in [5, 5.41) is 0.754. The van der Waals surface area contributed by atoms with Crippen molar-refractivity contribution in [3.05, 3.63) is 64.4 Å². The standard InChI is InChI=1S/C17H22ClN3/c1-12-7-6-8-14(20-12)11-21(3)17(13(2)19)15-9-4-5-10-16(15)18/h4-10,13,17H,11,19H2,1-3H3. The van der Waals surface area contributed by atoms with Crippen LogP contribution >= 0.6 is 11.6 Å². The summed E-state index contributed by atoms with van der Waals surface area (Å²) in [6.45, 7) is 4.74.